The van der Waals surface area contributed by atoms with E-state index < -0.39 is 30.2 Å². The van der Waals surface area contributed by atoms with Gasteiger partial charge in [-0.25, -0.2) is 16.8 Å². The van der Waals surface area contributed by atoms with E-state index in [0.29, 0.717) is 23.7 Å². The summed E-state index contributed by atoms with van der Waals surface area (Å²) in [6, 6.07) is 17.1. The van der Waals surface area contributed by atoms with Crippen LogP contribution in [0, 0.1) is 46.3 Å². The number of sulfone groups is 2. The van der Waals surface area contributed by atoms with Crippen LogP contribution in [0.5, 0.6) is 0 Å². The van der Waals surface area contributed by atoms with Gasteiger partial charge in [0.25, 0.3) is 0 Å². The van der Waals surface area contributed by atoms with Gasteiger partial charge in [-0.15, -0.1) is 0 Å². The van der Waals surface area contributed by atoms with Crippen LogP contribution in [-0.2, 0) is 19.7 Å². The van der Waals surface area contributed by atoms with Gasteiger partial charge in [0, 0.05) is 0 Å². The van der Waals surface area contributed by atoms with Gasteiger partial charge in [-0.1, -0.05) is 36.4 Å². The molecule has 10 unspecified atom stereocenters. The zero-order valence-electron chi connectivity index (χ0n) is 16.3. The van der Waals surface area contributed by atoms with Crippen molar-refractivity contribution in [1.29, 1.82) is 0 Å². The van der Waals surface area contributed by atoms with Crippen molar-refractivity contribution < 1.29 is 16.8 Å². The fourth-order valence-corrected chi connectivity index (χ4v) is 15.3. The van der Waals surface area contributed by atoms with Crippen molar-refractivity contribution in [3.05, 3.63) is 60.7 Å². The van der Waals surface area contributed by atoms with Crippen molar-refractivity contribution >= 4 is 19.7 Å². The maximum absolute atomic E-state index is 13.9. The summed E-state index contributed by atoms with van der Waals surface area (Å²) in [4.78, 5) is 0.551. The quantitative estimate of drug-likeness (QED) is 0.735. The number of hydrogen-bond donors (Lipinski definition) is 0. The van der Waals surface area contributed by atoms with Gasteiger partial charge >= 0.3 is 0 Å². The van der Waals surface area contributed by atoms with Crippen LogP contribution < -0.4 is 0 Å². The SMILES string of the molecule is O=S(=O)(c1ccccc1)C1C2CC(C1S(=O)(=O)c1ccccc1)C13C4CC5C(C41)C523. The molecular formula is C24H22O4S2. The molecule has 2 aromatic carbocycles. The van der Waals surface area contributed by atoms with Crippen molar-refractivity contribution in [2.45, 2.75) is 33.1 Å². The van der Waals surface area contributed by atoms with Gasteiger partial charge in [0.05, 0.1) is 20.3 Å². The van der Waals surface area contributed by atoms with E-state index in [4.69, 9.17) is 0 Å². The second kappa shape index (κ2) is 4.58. The largest absolute Gasteiger partial charge is 0.223 e. The summed E-state index contributed by atoms with van der Waals surface area (Å²) in [5.41, 5.74) is 0.338. The minimum absolute atomic E-state index is 0.00921. The summed E-state index contributed by atoms with van der Waals surface area (Å²) in [7, 11) is -7.47. The Bertz CT molecular complexity index is 1220. The molecule has 9 rings (SSSR count). The van der Waals surface area contributed by atoms with Gasteiger partial charge in [-0.3, -0.25) is 0 Å². The van der Waals surface area contributed by atoms with Crippen molar-refractivity contribution in [3.8, 4) is 0 Å². The highest BCUT2D eigenvalue weighted by Crippen LogP contribution is 3.12. The summed E-state index contributed by atoms with van der Waals surface area (Å²) in [5, 5.41) is -1.62. The Hall–Kier alpha value is -1.66. The third kappa shape index (κ3) is 1.36. The average Bonchev–Trinajstić information content (AvgIpc) is 3.17. The molecule has 0 heterocycles. The minimum Gasteiger partial charge on any atom is -0.223 e. The summed E-state index contributed by atoms with van der Waals surface area (Å²) >= 11 is 0. The molecule has 10 atom stereocenters. The van der Waals surface area contributed by atoms with Gasteiger partial charge in [-0.2, -0.15) is 0 Å². The van der Waals surface area contributed by atoms with Crippen molar-refractivity contribution in [2.24, 2.45) is 46.3 Å². The molecule has 2 spiro atoms. The third-order valence-electron chi connectivity index (χ3n) is 10.3. The van der Waals surface area contributed by atoms with Crippen LogP contribution in [0.25, 0.3) is 0 Å². The summed E-state index contributed by atoms with van der Waals surface area (Å²) in [5.74, 6) is 2.77. The lowest BCUT2D eigenvalue weighted by molar-refractivity contribution is 0.0676. The molecule has 0 amide bonds. The maximum atomic E-state index is 13.9. The Balaban J connectivity index is 1.34. The van der Waals surface area contributed by atoms with Crippen LogP contribution in [0.3, 0.4) is 0 Å². The first-order valence-corrected chi connectivity index (χ1v) is 14.1. The van der Waals surface area contributed by atoms with E-state index in [-0.39, 0.29) is 32.5 Å². The van der Waals surface area contributed by atoms with E-state index >= 15 is 0 Å². The fraction of sp³-hybridized carbons (Fsp3) is 0.500. The molecule has 30 heavy (non-hydrogen) atoms. The topological polar surface area (TPSA) is 68.3 Å². The van der Waals surface area contributed by atoms with Gasteiger partial charge in [0.2, 0.25) is 0 Å². The van der Waals surface area contributed by atoms with Crippen LogP contribution in [-0.4, -0.2) is 27.3 Å². The molecule has 7 fully saturated rings. The molecule has 7 aliphatic carbocycles. The van der Waals surface area contributed by atoms with Gasteiger partial charge in [0.15, 0.2) is 19.7 Å². The predicted molar refractivity (Wildman–Crippen MR) is 110 cm³/mol. The lowest BCUT2D eigenvalue weighted by Crippen LogP contribution is -2.55. The molecule has 4 bridgehead atoms. The Kier molecular flexibility index (Phi) is 2.59. The number of fused-ring (bicyclic) bond motifs is 2. The first-order valence-electron chi connectivity index (χ1n) is 11.0. The molecule has 6 heteroatoms. The van der Waals surface area contributed by atoms with Gasteiger partial charge < -0.3 is 0 Å². The second-order valence-electron chi connectivity index (χ2n) is 10.5. The molecule has 154 valence electrons. The highest BCUT2D eigenvalue weighted by molar-refractivity contribution is 7.96. The van der Waals surface area contributed by atoms with Crippen molar-refractivity contribution in [1.82, 2.24) is 0 Å². The van der Waals surface area contributed by atoms with Crippen LogP contribution in [0.2, 0.25) is 0 Å². The van der Waals surface area contributed by atoms with Crippen LogP contribution in [0.15, 0.2) is 70.5 Å². The van der Waals surface area contributed by atoms with E-state index in [9.17, 15) is 16.8 Å². The maximum Gasteiger partial charge on any atom is 0.182 e. The van der Waals surface area contributed by atoms with Crippen molar-refractivity contribution in [3.63, 3.8) is 0 Å². The van der Waals surface area contributed by atoms with Crippen molar-refractivity contribution in [2.75, 3.05) is 0 Å². The standard InChI is InChI=1S/C24H22O4S2/c25-29(26,13-7-3-1-4-8-13)21-17-12-18(22(21)30(27,28)14-9-5-2-6-10-14)24-16-11-15-19(20(16)24)23(15,17)24/h1-10,15-22H,11-12H2. The fourth-order valence-electron chi connectivity index (χ4n) is 10.1. The number of benzene rings is 2. The lowest BCUT2D eigenvalue weighted by atomic mass is 9.63. The van der Waals surface area contributed by atoms with Crippen LogP contribution >= 0.6 is 0 Å². The van der Waals surface area contributed by atoms with Gasteiger partial charge in [0.1, 0.15) is 0 Å². The predicted octanol–water partition coefficient (Wildman–Crippen LogP) is 3.20. The van der Waals surface area contributed by atoms with E-state index in [2.05, 4.69) is 0 Å². The monoisotopic (exact) mass is 438 g/mol. The zero-order valence-corrected chi connectivity index (χ0v) is 17.9. The molecule has 0 aliphatic heterocycles. The van der Waals surface area contributed by atoms with E-state index in [1.165, 1.54) is 6.42 Å². The molecule has 0 saturated heterocycles. The smallest absolute Gasteiger partial charge is 0.182 e. The van der Waals surface area contributed by atoms with Gasteiger partial charge in [-0.05, 0) is 83.4 Å². The molecule has 0 radical (unpaired) electrons. The Morgan fingerprint density at radius 2 is 0.933 bits per heavy atom. The lowest BCUT2D eigenvalue weighted by Gasteiger charge is -2.47. The first-order chi connectivity index (χ1) is 14.4. The molecule has 7 aliphatic rings. The van der Waals surface area contributed by atoms with E-state index in [1.54, 1.807) is 60.7 Å². The first kappa shape index (κ1) is 17.0. The minimum atomic E-state index is -3.74. The van der Waals surface area contributed by atoms with E-state index in [1.807, 2.05) is 0 Å². The molecule has 4 nitrogen and oxygen atoms in total. The zero-order chi connectivity index (χ0) is 20.3. The third-order valence-corrected chi connectivity index (χ3v) is 15.0. The van der Waals surface area contributed by atoms with E-state index in [0.717, 1.165) is 6.42 Å². The molecule has 7 saturated carbocycles. The molecule has 0 N–H and O–H groups in total. The Labute approximate surface area is 176 Å². The average molecular weight is 439 g/mol. The second-order valence-corrected chi connectivity index (χ2v) is 14.7. The summed E-state index contributed by atoms with van der Waals surface area (Å²) < 4.78 is 55.7. The Morgan fingerprint density at radius 3 is 1.30 bits per heavy atom. The highest BCUT2D eigenvalue weighted by Gasteiger charge is 3.10. The number of hydrogen-bond acceptors (Lipinski definition) is 4. The normalized spacial score (nSPS) is 50.5. The number of rotatable bonds is 4. The van der Waals surface area contributed by atoms with Crippen LogP contribution in [0.4, 0.5) is 0 Å². The molecular weight excluding hydrogens is 416 g/mol. The summed E-state index contributed by atoms with van der Waals surface area (Å²) in [6.07, 6.45) is 2.01. The summed E-state index contributed by atoms with van der Waals surface area (Å²) in [6.45, 7) is 0. The van der Waals surface area contributed by atoms with Crippen LogP contribution in [0.1, 0.15) is 12.8 Å². The molecule has 0 aromatic heterocycles. The molecule has 2 aromatic rings. The highest BCUT2D eigenvalue weighted by atomic mass is 32.2. The Morgan fingerprint density at radius 1 is 0.567 bits per heavy atom.